The fourth-order valence-corrected chi connectivity index (χ4v) is 3.25. The van der Waals surface area contributed by atoms with Crippen LogP contribution in [0.4, 0.5) is 5.69 Å². The van der Waals surface area contributed by atoms with Crippen LogP contribution >= 0.6 is 0 Å². The maximum Gasteiger partial charge on any atom is 0.241 e. The van der Waals surface area contributed by atoms with E-state index in [9.17, 15) is 8.42 Å². The van der Waals surface area contributed by atoms with Crippen LogP contribution in [-0.4, -0.2) is 14.5 Å². The Bertz CT molecular complexity index is 559. The Morgan fingerprint density at radius 2 is 2.17 bits per heavy atom. The van der Waals surface area contributed by atoms with Crippen LogP contribution in [-0.2, 0) is 16.4 Å². The molecule has 1 aromatic rings. The summed E-state index contributed by atoms with van der Waals surface area (Å²) < 4.78 is 27.0. The summed E-state index contributed by atoms with van der Waals surface area (Å²) in [5, 5.41) is 0. The van der Waals surface area contributed by atoms with E-state index in [2.05, 4.69) is 10.6 Å². The molecule has 0 spiro atoms. The molecular formula is C13H18N2O2S. The van der Waals surface area contributed by atoms with E-state index in [1.807, 2.05) is 6.92 Å². The highest BCUT2D eigenvalue weighted by atomic mass is 32.2. The summed E-state index contributed by atoms with van der Waals surface area (Å²) >= 11 is 0. The molecule has 18 heavy (non-hydrogen) atoms. The van der Waals surface area contributed by atoms with Crippen molar-refractivity contribution in [3.63, 3.8) is 0 Å². The van der Waals surface area contributed by atoms with E-state index < -0.39 is 10.0 Å². The van der Waals surface area contributed by atoms with Crippen molar-refractivity contribution < 1.29 is 8.42 Å². The molecule has 0 aliphatic heterocycles. The number of anilines is 1. The van der Waals surface area contributed by atoms with Gasteiger partial charge in [-0.3, -0.25) is 0 Å². The van der Waals surface area contributed by atoms with Gasteiger partial charge in [0, 0.05) is 18.2 Å². The summed E-state index contributed by atoms with van der Waals surface area (Å²) in [5.41, 5.74) is 6.81. The lowest BCUT2D eigenvalue weighted by Gasteiger charge is -2.14. The number of aryl methyl sites for hydroxylation is 1. The van der Waals surface area contributed by atoms with Crippen molar-refractivity contribution in [1.29, 1.82) is 0 Å². The van der Waals surface area contributed by atoms with Crippen molar-refractivity contribution in [2.24, 2.45) is 0 Å². The van der Waals surface area contributed by atoms with Gasteiger partial charge in [0.05, 0.1) is 4.90 Å². The molecule has 0 aliphatic rings. The number of nitrogens with one attached hydrogen (secondary N) is 1. The first kappa shape index (κ1) is 14.6. The number of nitrogen functional groups attached to an aromatic ring is 1. The molecule has 0 saturated heterocycles. The molecule has 1 aromatic carbocycles. The highest BCUT2D eigenvalue weighted by molar-refractivity contribution is 7.89. The molecule has 0 amide bonds. The van der Waals surface area contributed by atoms with Crippen LogP contribution in [0.2, 0.25) is 0 Å². The Balaban J connectivity index is 3.12. The maximum absolute atomic E-state index is 12.2. The largest absolute Gasteiger partial charge is 0.399 e. The van der Waals surface area contributed by atoms with E-state index in [1.54, 1.807) is 19.1 Å². The summed E-state index contributed by atoms with van der Waals surface area (Å²) in [6.07, 6.45) is 6.14. The van der Waals surface area contributed by atoms with Crippen molar-refractivity contribution in [3.8, 4) is 12.3 Å². The smallest absolute Gasteiger partial charge is 0.241 e. The average molecular weight is 266 g/mol. The van der Waals surface area contributed by atoms with E-state index >= 15 is 0 Å². The number of benzene rings is 1. The molecular weight excluding hydrogens is 248 g/mol. The second kappa shape index (κ2) is 5.89. The molecule has 5 heteroatoms. The van der Waals surface area contributed by atoms with Gasteiger partial charge in [-0.25, -0.2) is 13.1 Å². The van der Waals surface area contributed by atoms with Crippen LogP contribution in [0.15, 0.2) is 23.1 Å². The topological polar surface area (TPSA) is 72.2 Å². The molecule has 1 atom stereocenters. The number of rotatable bonds is 5. The lowest BCUT2D eigenvalue weighted by atomic mass is 10.1. The summed E-state index contributed by atoms with van der Waals surface area (Å²) in [6.45, 7) is 3.63. The Labute approximate surface area is 109 Å². The first-order valence-electron chi connectivity index (χ1n) is 5.75. The molecule has 98 valence electrons. The molecule has 0 heterocycles. The van der Waals surface area contributed by atoms with Crippen LogP contribution in [0.1, 0.15) is 25.8 Å². The zero-order valence-electron chi connectivity index (χ0n) is 10.6. The molecule has 3 N–H and O–H groups in total. The molecule has 1 rings (SSSR count). The van der Waals surface area contributed by atoms with Crippen molar-refractivity contribution in [2.75, 3.05) is 5.73 Å². The first-order chi connectivity index (χ1) is 8.40. The number of hydrogen-bond acceptors (Lipinski definition) is 3. The first-order valence-corrected chi connectivity index (χ1v) is 7.23. The maximum atomic E-state index is 12.2. The molecule has 0 fully saturated rings. The van der Waals surface area contributed by atoms with Gasteiger partial charge in [-0.15, -0.1) is 12.3 Å². The molecule has 1 unspecified atom stereocenters. The van der Waals surface area contributed by atoms with Gasteiger partial charge in [0.25, 0.3) is 0 Å². The Hall–Kier alpha value is -1.51. The van der Waals surface area contributed by atoms with Crippen LogP contribution in [0, 0.1) is 12.3 Å². The van der Waals surface area contributed by atoms with Crippen molar-refractivity contribution in [2.45, 2.75) is 37.6 Å². The quantitative estimate of drug-likeness (QED) is 0.627. The number of terminal acetylenes is 1. The van der Waals surface area contributed by atoms with Crippen molar-refractivity contribution >= 4 is 15.7 Å². The van der Waals surface area contributed by atoms with E-state index in [-0.39, 0.29) is 10.9 Å². The summed E-state index contributed by atoms with van der Waals surface area (Å²) in [7, 11) is -3.57. The molecule has 0 bridgehead atoms. The highest BCUT2D eigenvalue weighted by Gasteiger charge is 2.20. The van der Waals surface area contributed by atoms with Crippen LogP contribution < -0.4 is 10.5 Å². The predicted molar refractivity (Wildman–Crippen MR) is 73.5 cm³/mol. The van der Waals surface area contributed by atoms with Gasteiger partial charge in [0.1, 0.15) is 0 Å². The number of sulfonamides is 1. The third kappa shape index (κ3) is 3.49. The fraction of sp³-hybridized carbons (Fsp3) is 0.385. The Kier molecular flexibility index (Phi) is 4.76. The Morgan fingerprint density at radius 3 is 2.72 bits per heavy atom. The second-order valence-corrected chi connectivity index (χ2v) is 5.83. The molecule has 0 aliphatic carbocycles. The fourth-order valence-electron chi connectivity index (χ4n) is 1.66. The van der Waals surface area contributed by atoms with Gasteiger partial charge < -0.3 is 5.73 Å². The van der Waals surface area contributed by atoms with E-state index in [1.165, 1.54) is 6.07 Å². The second-order valence-electron chi connectivity index (χ2n) is 4.15. The van der Waals surface area contributed by atoms with Gasteiger partial charge in [0.15, 0.2) is 0 Å². The lowest BCUT2D eigenvalue weighted by Crippen LogP contribution is -2.32. The predicted octanol–water partition coefficient (Wildman–Crippen LogP) is 1.52. The van der Waals surface area contributed by atoms with Gasteiger partial charge in [-0.05, 0) is 31.0 Å². The zero-order valence-corrected chi connectivity index (χ0v) is 11.4. The minimum absolute atomic E-state index is 0.230. The normalized spacial score (nSPS) is 12.9. The van der Waals surface area contributed by atoms with E-state index in [0.717, 1.165) is 5.56 Å². The number of hydrogen-bond donors (Lipinski definition) is 2. The van der Waals surface area contributed by atoms with Crippen LogP contribution in [0.5, 0.6) is 0 Å². The van der Waals surface area contributed by atoms with E-state index in [4.69, 9.17) is 12.2 Å². The standard InChI is InChI=1S/C13H18N2O2S/c1-4-6-10(3)15-18(16,17)13-9-12(14)8-7-11(13)5-2/h1,7-10,15H,5-6,14H2,2-3H3. The molecule has 0 radical (unpaired) electrons. The molecule has 4 nitrogen and oxygen atoms in total. The third-order valence-corrected chi connectivity index (χ3v) is 4.21. The molecule has 0 saturated carbocycles. The van der Waals surface area contributed by atoms with E-state index in [0.29, 0.717) is 18.5 Å². The van der Waals surface area contributed by atoms with Crippen LogP contribution in [0.25, 0.3) is 0 Å². The third-order valence-electron chi connectivity index (χ3n) is 2.54. The van der Waals surface area contributed by atoms with Crippen LogP contribution in [0.3, 0.4) is 0 Å². The molecule has 0 aromatic heterocycles. The minimum atomic E-state index is -3.57. The van der Waals surface area contributed by atoms with Gasteiger partial charge in [-0.1, -0.05) is 13.0 Å². The van der Waals surface area contributed by atoms with Gasteiger partial charge >= 0.3 is 0 Å². The van der Waals surface area contributed by atoms with Gasteiger partial charge in [0.2, 0.25) is 10.0 Å². The van der Waals surface area contributed by atoms with Gasteiger partial charge in [-0.2, -0.15) is 0 Å². The monoisotopic (exact) mass is 266 g/mol. The van der Waals surface area contributed by atoms with Crippen molar-refractivity contribution in [1.82, 2.24) is 4.72 Å². The summed E-state index contributed by atoms with van der Waals surface area (Å²) in [4.78, 5) is 0.230. The Morgan fingerprint density at radius 1 is 1.50 bits per heavy atom. The average Bonchev–Trinajstić information content (AvgIpc) is 2.28. The lowest BCUT2D eigenvalue weighted by molar-refractivity contribution is 0.562. The summed E-state index contributed by atoms with van der Waals surface area (Å²) in [6, 6.07) is 4.61. The zero-order chi connectivity index (χ0) is 13.8. The number of nitrogens with two attached hydrogens (primary N) is 1. The highest BCUT2D eigenvalue weighted by Crippen LogP contribution is 2.20. The SMILES string of the molecule is C#CCC(C)NS(=O)(=O)c1cc(N)ccc1CC. The minimum Gasteiger partial charge on any atom is -0.399 e. The van der Waals surface area contributed by atoms with Crippen molar-refractivity contribution in [3.05, 3.63) is 23.8 Å². The summed E-state index contributed by atoms with van der Waals surface area (Å²) in [5.74, 6) is 2.43.